The zero-order valence-electron chi connectivity index (χ0n) is 10.5. The predicted octanol–water partition coefficient (Wildman–Crippen LogP) is 2.41. The Kier molecular flexibility index (Phi) is 3.77. The van der Waals surface area contributed by atoms with Crippen molar-refractivity contribution in [1.82, 2.24) is 0 Å². The van der Waals surface area contributed by atoms with E-state index in [0.29, 0.717) is 24.5 Å². The van der Waals surface area contributed by atoms with Crippen LogP contribution in [0.3, 0.4) is 0 Å². The molecule has 0 bridgehead atoms. The first-order valence-electron chi connectivity index (χ1n) is 5.96. The molecule has 0 atom stereocenters. The van der Waals surface area contributed by atoms with Gasteiger partial charge < -0.3 is 9.47 Å². The average molecular weight is 245 g/mol. The van der Waals surface area contributed by atoms with Crippen LogP contribution in [0.1, 0.15) is 19.4 Å². The van der Waals surface area contributed by atoms with Crippen molar-refractivity contribution < 1.29 is 14.3 Å². The number of amides is 1. The highest BCUT2D eigenvalue weighted by Crippen LogP contribution is 2.27. The third-order valence-corrected chi connectivity index (χ3v) is 2.47. The Morgan fingerprint density at radius 1 is 1.06 bits per heavy atom. The number of carbonyl (C=O) groups excluding carboxylic acids is 1. The van der Waals surface area contributed by atoms with Gasteiger partial charge in [0.2, 0.25) is 0 Å². The highest BCUT2D eigenvalue weighted by Gasteiger charge is 2.30. The normalized spacial score (nSPS) is 14.8. The van der Waals surface area contributed by atoms with Crippen LogP contribution in [-0.2, 0) is 14.3 Å². The van der Waals surface area contributed by atoms with E-state index in [9.17, 15) is 4.79 Å². The molecule has 0 N–H and O–H groups in total. The van der Waals surface area contributed by atoms with Gasteiger partial charge in [-0.2, -0.15) is 4.99 Å². The molecule has 1 amide bonds. The molecule has 0 unspecified atom stereocenters. The quantitative estimate of drug-likeness (QED) is 0.818. The standard InChI is InChI=1S/C14H15NO3/c1-3-17-12-11(10-8-6-5-7-9-10)13(16)15-14(12)18-4-2/h5-9H,3-4H2,1-2H3. The first-order valence-corrected chi connectivity index (χ1v) is 5.96. The topological polar surface area (TPSA) is 47.9 Å². The molecule has 4 heteroatoms. The molecule has 0 spiro atoms. The van der Waals surface area contributed by atoms with Crippen molar-refractivity contribution in [3.8, 4) is 0 Å². The smallest absolute Gasteiger partial charge is 0.284 e. The first-order chi connectivity index (χ1) is 8.77. The van der Waals surface area contributed by atoms with Crippen molar-refractivity contribution in [2.24, 2.45) is 4.99 Å². The molecule has 94 valence electrons. The lowest BCUT2D eigenvalue weighted by atomic mass is 10.1. The minimum atomic E-state index is -0.312. The van der Waals surface area contributed by atoms with Crippen LogP contribution in [0.4, 0.5) is 0 Å². The Morgan fingerprint density at radius 2 is 1.72 bits per heavy atom. The molecule has 4 nitrogen and oxygen atoms in total. The summed E-state index contributed by atoms with van der Waals surface area (Å²) >= 11 is 0. The molecule has 2 rings (SSSR count). The van der Waals surface area contributed by atoms with Gasteiger partial charge in [-0.05, 0) is 19.4 Å². The Bertz CT molecular complexity index is 503. The van der Waals surface area contributed by atoms with Crippen molar-refractivity contribution in [1.29, 1.82) is 0 Å². The fourth-order valence-corrected chi connectivity index (χ4v) is 1.78. The Hall–Kier alpha value is -2.10. The number of rotatable bonds is 4. The SMILES string of the molecule is CCOC1=NC(=O)C(c2ccccc2)=C1OCC. The van der Waals surface area contributed by atoms with Gasteiger partial charge >= 0.3 is 0 Å². The molecule has 1 aliphatic rings. The van der Waals surface area contributed by atoms with Crippen molar-refractivity contribution in [2.75, 3.05) is 13.2 Å². The highest BCUT2D eigenvalue weighted by atomic mass is 16.5. The summed E-state index contributed by atoms with van der Waals surface area (Å²) in [5.41, 5.74) is 1.27. The van der Waals surface area contributed by atoms with Gasteiger partial charge in [0.1, 0.15) is 0 Å². The van der Waals surface area contributed by atoms with Gasteiger partial charge in [0.15, 0.2) is 5.76 Å². The maximum Gasteiger partial charge on any atom is 0.284 e. The van der Waals surface area contributed by atoms with E-state index in [0.717, 1.165) is 5.56 Å². The van der Waals surface area contributed by atoms with E-state index in [1.807, 2.05) is 44.2 Å². The van der Waals surface area contributed by atoms with Crippen LogP contribution in [0, 0.1) is 0 Å². The van der Waals surface area contributed by atoms with Crippen LogP contribution in [0.2, 0.25) is 0 Å². The number of hydrogen-bond acceptors (Lipinski definition) is 3. The third-order valence-electron chi connectivity index (χ3n) is 2.47. The Balaban J connectivity index is 2.44. The molecule has 0 radical (unpaired) electrons. The Morgan fingerprint density at radius 3 is 2.33 bits per heavy atom. The second kappa shape index (κ2) is 5.49. The number of hydrogen-bond donors (Lipinski definition) is 0. The van der Waals surface area contributed by atoms with E-state index in [1.54, 1.807) is 0 Å². The number of nitrogens with zero attached hydrogens (tertiary/aromatic N) is 1. The maximum atomic E-state index is 11.9. The molecule has 0 aromatic heterocycles. The molecule has 1 aromatic rings. The van der Waals surface area contributed by atoms with E-state index >= 15 is 0 Å². The number of carbonyl (C=O) groups is 1. The summed E-state index contributed by atoms with van der Waals surface area (Å²) in [6.07, 6.45) is 0. The van der Waals surface area contributed by atoms with Crippen LogP contribution < -0.4 is 0 Å². The van der Waals surface area contributed by atoms with E-state index in [-0.39, 0.29) is 11.8 Å². The van der Waals surface area contributed by atoms with Crippen LogP contribution >= 0.6 is 0 Å². The maximum absolute atomic E-state index is 11.9. The summed E-state index contributed by atoms with van der Waals surface area (Å²) in [4.78, 5) is 15.8. The molecular weight excluding hydrogens is 230 g/mol. The molecule has 1 aliphatic heterocycles. The molecular formula is C14H15NO3. The molecule has 18 heavy (non-hydrogen) atoms. The third kappa shape index (κ3) is 2.27. The molecule has 0 aliphatic carbocycles. The minimum absolute atomic E-state index is 0.281. The summed E-state index contributed by atoms with van der Waals surface area (Å²) in [5, 5.41) is 0. The Labute approximate surface area is 106 Å². The summed E-state index contributed by atoms with van der Waals surface area (Å²) in [5.74, 6) is 0.409. The summed E-state index contributed by atoms with van der Waals surface area (Å²) in [6, 6.07) is 9.36. The zero-order chi connectivity index (χ0) is 13.0. The van der Waals surface area contributed by atoms with Gasteiger partial charge in [-0.1, -0.05) is 30.3 Å². The predicted molar refractivity (Wildman–Crippen MR) is 69.1 cm³/mol. The second-order valence-corrected chi connectivity index (χ2v) is 3.66. The molecule has 0 saturated carbocycles. The summed E-state index contributed by atoms with van der Waals surface area (Å²) in [6.45, 7) is 4.62. The summed E-state index contributed by atoms with van der Waals surface area (Å²) in [7, 11) is 0. The van der Waals surface area contributed by atoms with E-state index in [1.165, 1.54) is 0 Å². The van der Waals surface area contributed by atoms with Crippen LogP contribution in [0.15, 0.2) is 41.1 Å². The lowest BCUT2D eigenvalue weighted by molar-refractivity contribution is -0.112. The second-order valence-electron chi connectivity index (χ2n) is 3.66. The zero-order valence-corrected chi connectivity index (χ0v) is 10.5. The number of benzene rings is 1. The fraction of sp³-hybridized carbons (Fsp3) is 0.286. The lowest BCUT2D eigenvalue weighted by Gasteiger charge is -2.09. The monoisotopic (exact) mass is 245 g/mol. The van der Waals surface area contributed by atoms with Crippen molar-refractivity contribution in [3.63, 3.8) is 0 Å². The van der Waals surface area contributed by atoms with Gasteiger partial charge in [-0.15, -0.1) is 0 Å². The van der Waals surface area contributed by atoms with Gasteiger partial charge in [-0.3, -0.25) is 4.79 Å². The van der Waals surface area contributed by atoms with Crippen molar-refractivity contribution in [2.45, 2.75) is 13.8 Å². The molecule has 0 fully saturated rings. The van der Waals surface area contributed by atoms with Crippen LogP contribution in [0.25, 0.3) is 5.57 Å². The largest absolute Gasteiger partial charge is 0.488 e. The van der Waals surface area contributed by atoms with E-state index < -0.39 is 0 Å². The molecule has 0 saturated heterocycles. The van der Waals surface area contributed by atoms with E-state index in [4.69, 9.17) is 9.47 Å². The average Bonchev–Trinajstić information content (AvgIpc) is 2.68. The fourth-order valence-electron chi connectivity index (χ4n) is 1.78. The van der Waals surface area contributed by atoms with Crippen LogP contribution in [-0.4, -0.2) is 25.0 Å². The minimum Gasteiger partial charge on any atom is -0.488 e. The molecule has 1 aromatic carbocycles. The van der Waals surface area contributed by atoms with Gasteiger partial charge in [0.25, 0.3) is 11.8 Å². The van der Waals surface area contributed by atoms with Gasteiger partial charge in [-0.25, -0.2) is 0 Å². The number of aliphatic imine (C=N–C) groups is 1. The first kappa shape index (κ1) is 12.4. The highest BCUT2D eigenvalue weighted by molar-refractivity contribution is 6.33. The van der Waals surface area contributed by atoms with Crippen molar-refractivity contribution >= 4 is 17.4 Å². The van der Waals surface area contributed by atoms with Gasteiger partial charge in [0.05, 0.1) is 18.8 Å². The van der Waals surface area contributed by atoms with Crippen LogP contribution in [0.5, 0.6) is 0 Å². The molecule has 1 heterocycles. The van der Waals surface area contributed by atoms with Gasteiger partial charge in [0, 0.05) is 0 Å². The summed E-state index contributed by atoms with van der Waals surface area (Å²) < 4.78 is 10.8. The van der Waals surface area contributed by atoms with E-state index in [2.05, 4.69) is 4.99 Å². The van der Waals surface area contributed by atoms with Crippen molar-refractivity contribution in [3.05, 3.63) is 41.7 Å². The lowest BCUT2D eigenvalue weighted by Crippen LogP contribution is -2.09. The number of ether oxygens (including phenoxy) is 2.